The van der Waals surface area contributed by atoms with Gasteiger partial charge < -0.3 is 14.8 Å². The molecule has 2 aromatic heterocycles. The molecule has 0 spiro atoms. The zero-order chi connectivity index (χ0) is 24.0. The third-order valence-electron chi connectivity index (χ3n) is 6.65. The smallest absolute Gasteiger partial charge is 0.174 e. The maximum atomic E-state index is 6.20. The number of benzene rings is 2. The summed E-state index contributed by atoms with van der Waals surface area (Å²) >= 11 is 12.1. The molecular formula is C28H27ClN4S. The number of aryl methyl sites for hydroxylation is 3. The van der Waals surface area contributed by atoms with E-state index >= 15 is 0 Å². The number of hydrogen-bond donors (Lipinski definition) is 1. The van der Waals surface area contributed by atoms with Gasteiger partial charge in [-0.2, -0.15) is 0 Å². The Morgan fingerprint density at radius 1 is 0.912 bits per heavy atom. The number of anilines is 1. The number of aromatic nitrogens is 2. The lowest BCUT2D eigenvalue weighted by atomic mass is 9.96. The Balaban J connectivity index is 1.71. The van der Waals surface area contributed by atoms with Crippen molar-refractivity contribution in [3.05, 3.63) is 112 Å². The molecule has 0 saturated carbocycles. The lowest BCUT2D eigenvalue weighted by molar-refractivity contribution is 0.565. The minimum atomic E-state index is -0.0868. The van der Waals surface area contributed by atoms with Crippen LogP contribution in [0.2, 0.25) is 5.02 Å². The summed E-state index contributed by atoms with van der Waals surface area (Å²) in [5.41, 5.74) is 9.33. The van der Waals surface area contributed by atoms with Crippen molar-refractivity contribution in [2.75, 3.05) is 4.90 Å². The quantitative estimate of drug-likeness (QED) is 0.317. The third-order valence-corrected chi connectivity index (χ3v) is 7.22. The molecule has 0 unspecified atom stereocenters. The van der Waals surface area contributed by atoms with E-state index in [1.807, 2.05) is 42.6 Å². The molecule has 5 rings (SSSR count). The SMILES string of the molecule is Cc1cccc(C)c1-n1c(C)cc([C@@H]2[C@@H](c3ccccn3)NC(=S)N2c2ccc(Cl)cc2)c1C. The number of pyridine rings is 1. The lowest BCUT2D eigenvalue weighted by Gasteiger charge is -2.28. The van der Waals surface area contributed by atoms with E-state index in [-0.39, 0.29) is 12.1 Å². The van der Waals surface area contributed by atoms with E-state index in [0.717, 1.165) is 11.4 Å². The molecule has 2 atom stereocenters. The molecule has 4 aromatic rings. The minimum Gasteiger partial charge on any atom is -0.351 e. The van der Waals surface area contributed by atoms with Gasteiger partial charge in [-0.3, -0.25) is 4.98 Å². The molecule has 1 saturated heterocycles. The van der Waals surface area contributed by atoms with Crippen LogP contribution in [0.1, 0.15) is 45.9 Å². The van der Waals surface area contributed by atoms with Crippen molar-refractivity contribution >= 4 is 34.6 Å². The summed E-state index contributed by atoms with van der Waals surface area (Å²) in [7, 11) is 0. The summed E-state index contributed by atoms with van der Waals surface area (Å²) in [6.07, 6.45) is 1.84. The van der Waals surface area contributed by atoms with E-state index in [1.165, 1.54) is 33.8 Å². The summed E-state index contributed by atoms with van der Waals surface area (Å²) in [4.78, 5) is 6.88. The first-order valence-corrected chi connectivity index (χ1v) is 12.2. The van der Waals surface area contributed by atoms with E-state index in [0.29, 0.717) is 10.1 Å². The zero-order valence-electron chi connectivity index (χ0n) is 19.7. The standard InChI is InChI=1S/C28H27ClN4S/c1-17-8-7-9-18(2)26(17)32-19(3)16-23(20(32)4)27-25(24-10-5-6-15-30-24)31-28(34)33(27)22-13-11-21(29)12-14-22/h5-16,25,27H,1-4H3,(H,31,34)/t25-,27-/m1/s1. The van der Waals surface area contributed by atoms with Crippen molar-refractivity contribution < 1.29 is 0 Å². The normalized spacial score (nSPS) is 17.8. The highest BCUT2D eigenvalue weighted by Gasteiger charge is 2.42. The number of halogens is 1. The maximum absolute atomic E-state index is 6.20. The molecule has 4 nitrogen and oxygen atoms in total. The van der Waals surface area contributed by atoms with Crippen LogP contribution < -0.4 is 10.2 Å². The second kappa shape index (κ2) is 8.90. The van der Waals surface area contributed by atoms with Gasteiger partial charge >= 0.3 is 0 Å². The molecule has 3 heterocycles. The van der Waals surface area contributed by atoms with Crippen molar-refractivity contribution in [1.29, 1.82) is 0 Å². The van der Waals surface area contributed by atoms with Gasteiger partial charge in [-0.05, 0) is 99.1 Å². The fraction of sp³-hybridized carbons (Fsp3) is 0.214. The predicted octanol–water partition coefficient (Wildman–Crippen LogP) is 6.94. The topological polar surface area (TPSA) is 33.1 Å². The molecule has 2 aromatic carbocycles. The van der Waals surface area contributed by atoms with E-state index in [2.05, 4.69) is 77.8 Å². The Kier molecular flexibility index (Phi) is 5.92. The van der Waals surface area contributed by atoms with Gasteiger partial charge in [-0.15, -0.1) is 0 Å². The van der Waals surface area contributed by atoms with Crippen molar-refractivity contribution in [3.8, 4) is 5.69 Å². The van der Waals surface area contributed by atoms with Gasteiger partial charge in [0.2, 0.25) is 0 Å². The molecule has 6 heteroatoms. The summed E-state index contributed by atoms with van der Waals surface area (Å²) in [5, 5.41) is 4.94. The van der Waals surface area contributed by atoms with Crippen LogP contribution in [0.3, 0.4) is 0 Å². The van der Waals surface area contributed by atoms with Gasteiger partial charge in [0.25, 0.3) is 0 Å². The Morgan fingerprint density at radius 3 is 2.26 bits per heavy atom. The van der Waals surface area contributed by atoms with E-state index in [9.17, 15) is 0 Å². The highest BCUT2D eigenvalue weighted by molar-refractivity contribution is 7.80. The number of nitrogens with zero attached hydrogens (tertiary/aromatic N) is 3. The number of thiocarbonyl (C=S) groups is 1. The number of nitrogens with one attached hydrogen (secondary N) is 1. The van der Waals surface area contributed by atoms with Gasteiger partial charge in [-0.25, -0.2) is 0 Å². The van der Waals surface area contributed by atoms with Crippen molar-refractivity contribution in [2.24, 2.45) is 0 Å². The van der Waals surface area contributed by atoms with Crippen molar-refractivity contribution in [2.45, 2.75) is 39.8 Å². The predicted molar refractivity (Wildman–Crippen MR) is 144 cm³/mol. The average molecular weight is 487 g/mol. The van der Waals surface area contributed by atoms with Crippen molar-refractivity contribution in [1.82, 2.24) is 14.9 Å². The lowest BCUT2D eigenvalue weighted by Crippen LogP contribution is -2.29. The fourth-order valence-electron chi connectivity index (χ4n) is 5.14. The summed E-state index contributed by atoms with van der Waals surface area (Å²) in [6, 6.07) is 22.5. The van der Waals surface area contributed by atoms with Crippen LogP contribution in [-0.2, 0) is 0 Å². The van der Waals surface area contributed by atoms with Crippen LogP contribution in [0.15, 0.2) is 72.9 Å². The van der Waals surface area contributed by atoms with Crippen LogP contribution in [0.25, 0.3) is 5.69 Å². The van der Waals surface area contributed by atoms with Crippen LogP contribution in [0, 0.1) is 27.7 Å². The number of para-hydroxylation sites is 1. The van der Waals surface area contributed by atoms with Crippen molar-refractivity contribution in [3.63, 3.8) is 0 Å². The van der Waals surface area contributed by atoms with E-state index < -0.39 is 0 Å². The molecule has 34 heavy (non-hydrogen) atoms. The van der Waals surface area contributed by atoms with E-state index in [1.54, 1.807) is 0 Å². The van der Waals surface area contributed by atoms with Crippen LogP contribution >= 0.6 is 23.8 Å². The van der Waals surface area contributed by atoms with E-state index in [4.69, 9.17) is 23.8 Å². The Hall–Kier alpha value is -3.15. The second-order valence-electron chi connectivity index (χ2n) is 8.88. The summed E-state index contributed by atoms with van der Waals surface area (Å²) in [5.74, 6) is 0. The number of hydrogen-bond acceptors (Lipinski definition) is 2. The van der Waals surface area contributed by atoms with Crippen LogP contribution in [-0.4, -0.2) is 14.7 Å². The first-order valence-electron chi connectivity index (χ1n) is 11.4. The average Bonchev–Trinajstić information content (AvgIpc) is 3.31. The fourth-order valence-corrected chi connectivity index (χ4v) is 5.61. The molecule has 1 N–H and O–H groups in total. The van der Waals surface area contributed by atoms with Crippen LogP contribution in [0.5, 0.6) is 0 Å². The van der Waals surface area contributed by atoms with Gasteiger partial charge in [-0.1, -0.05) is 35.9 Å². The zero-order valence-corrected chi connectivity index (χ0v) is 21.3. The molecule has 0 amide bonds. The largest absolute Gasteiger partial charge is 0.351 e. The molecule has 0 aliphatic carbocycles. The summed E-state index contributed by atoms with van der Waals surface area (Å²) in [6.45, 7) is 8.71. The Bertz CT molecular complexity index is 1340. The second-order valence-corrected chi connectivity index (χ2v) is 9.70. The third kappa shape index (κ3) is 3.79. The first-order chi connectivity index (χ1) is 16.4. The highest BCUT2D eigenvalue weighted by atomic mass is 35.5. The first kappa shape index (κ1) is 22.6. The number of rotatable bonds is 4. The minimum absolute atomic E-state index is 0.0622. The molecule has 1 aliphatic heterocycles. The molecule has 172 valence electrons. The Morgan fingerprint density at radius 2 is 1.62 bits per heavy atom. The maximum Gasteiger partial charge on any atom is 0.174 e. The van der Waals surface area contributed by atoms with Gasteiger partial charge in [0.05, 0.1) is 23.5 Å². The molecular weight excluding hydrogens is 460 g/mol. The molecule has 1 fully saturated rings. The summed E-state index contributed by atoms with van der Waals surface area (Å²) < 4.78 is 2.37. The highest BCUT2D eigenvalue weighted by Crippen LogP contribution is 2.44. The molecule has 0 bridgehead atoms. The van der Waals surface area contributed by atoms with Crippen LogP contribution in [0.4, 0.5) is 5.69 Å². The van der Waals surface area contributed by atoms with Gasteiger partial charge in [0, 0.05) is 28.3 Å². The monoisotopic (exact) mass is 486 g/mol. The molecule has 1 aliphatic rings. The van der Waals surface area contributed by atoms with Gasteiger partial charge in [0.1, 0.15) is 0 Å². The Labute approximate surface area is 211 Å². The molecule has 0 radical (unpaired) electrons. The van der Waals surface area contributed by atoms with Gasteiger partial charge in [0.15, 0.2) is 5.11 Å².